The molecular formula is C11H10BrN3O4S2. The van der Waals surface area contributed by atoms with Crippen molar-refractivity contribution in [2.75, 3.05) is 10.5 Å². The van der Waals surface area contributed by atoms with Crippen molar-refractivity contribution in [1.82, 2.24) is 0 Å². The minimum atomic E-state index is -3.93. The molecule has 0 aliphatic carbocycles. The van der Waals surface area contributed by atoms with E-state index in [4.69, 9.17) is 5.73 Å². The molecule has 0 saturated heterocycles. The van der Waals surface area contributed by atoms with Crippen LogP contribution in [0.4, 0.5) is 16.4 Å². The normalized spacial score (nSPS) is 11.3. The maximum atomic E-state index is 12.2. The van der Waals surface area contributed by atoms with Crippen molar-refractivity contribution in [2.45, 2.75) is 11.1 Å². The Morgan fingerprint density at radius 1 is 1.38 bits per heavy atom. The first-order valence-electron chi connectivity index (χ1n) is 5.53. The molecule has 2 rings (SSSR count). The summed E-state index contributed by atoms with van der Waals surface area (Å²) >= 11 is 3.91. The fourth-order valence-corrected chi connectivity index (χ4v) is 4.56. The first-order valence-corrected chi connectivity index (χ1v) is 8.62. The van der Waals surface area contributed by atoms with Crippen LogP contribution < -0.4 is 10.5 Å². The highest BCUT2D eigenvalue weighted by atomic mass is 79.9. The molecule has 1 heterocycles. The summed E-state index contributed by atoms with van der Waals surface area (Å²) < 4.78 is 27.2. The second-order valence-electron chi connectivity index (χ2n) is 4.16. The molecule has 10 heteroatoms. The van der Waals surface area contributed by atoms with Crippen LogP contribution in [-0.4, -0.2) is 13.3 Å². The Labute approximate surface area is 133 Å². The van der Waals surface area contributed by atoms with Gasteiger partial charge in [-0.2, -0.15) is 0 Å². The number of nitrogens with zero attached hydrogens (tertiary/aromatic N) is 1. The van der Waals surface area contributed by atoms with Gasteiger partial charge in [0.1, 0.15) is 4.21 Å². The Hall–Kier alpha value is -1.65. The van der Waals surface area contributed by atoms with Gasteiger partial charge in [0, 0.05) is 10.5 Å². The number of nitrogens with one attached hydrogen (secondary N) is 1. The van der Waals surface area contributed by atoms with Crippen LogP contribution in [0.5, 0.6) is 0 Å². The van der Waals surface area contributed by atoms with Gasteiger partial charge in [-0.15, -0.1) is 0 Å². The lowest BCUT2D eigenvalue weighted by Crippen LogP contribution is -2.11. The molecule has 2 aromatic rings. The van der Waals surface area contributed by atoms with Crippen LogP contribution in [0, 0.1) is 17.0 Å². The second kappa shape index (κ2) is 5.62. The van der Waals surface area contributed by atoms with Gasteiger partial charge in [0.25, 0.3) is 10.0 Å². The molecule has 7 nitrogen and oxygen atoms in total. The zero-order valence-electron chi connectivity index (χ0n) is 10.7. The third kappa shape index (κ3) is 3.34. The van der Waals surface area contributed by atoms with Crippen molar-refractivity contribution < 1.29 is 13.3 Å². The van der Waals surface area contributed by atoms with Gasteiger partial charge in [0.15, 0.2) is 5.00 Å². The summed E-state index contributed by atoms with van der Waals surface area (Å²) in [5, 5.41) is 10.6. The number of aryl methyl sites for hydroxylation is 1. The predicted octanol–water partition coefficient (Wildman–Crippen LogP) is 3.11. The third-order valence-corrected chi connectivity index (χ3v) is 6.00. The molecule has 21 heavy (non-hydrogen) atoms. The highest BCUT2D eigenvalue weighted by Crippen LogP contribution is 2.36. The second-order valence-corrected chi connectivity index (χ2v) is 8.01. The lowest BCUT2D eigenvalue weighted by atomic mass is 10.2. The minimum absolute atomic E-state index is 0.150. The smallest absolute Gasteiger partial charge is 0.304 e. The van der Waals surface area contributed by atoms with Crippen LogP contribution in [0.2, 0.25) is 0 Å². The zero-order valence-corrected chi connectivity index (χ0v) is 13.9. The van der Waals surface area contributed by atoms with E-state index in [0.717, 1.165) is 11.6 Å². The fraction of sp³-hybridized carbons (Fsp3) is 0.0909. The zero-order chi connectivity index (χ0) is 15.8. The first kappa shape index (κ1) is 15.7. The van der Waals surface area contributed by atoms with Gasteiger partial charge in [-0.3, -0.25) is 14.8 Å². The number of hydrogen-bond acceptors (Lipinski definition) is 6. The van der Waals surface area contributed by atoms with Crippen LogP contribution in [-0.2, 0) is 10.0 Å². The van der Waals surface area contributed by atoms with E-state index < -0.39 is 20.6 Å². The summed E-state index contributed by atoms with van der Waals surface area (Å²) in [5.74, 6) is 0. The van der Waals surface area contributed by atoms with Crippen molar-refractivity contribution in [3.05, 3.63) is 44.4 Å². The van der Waals surface area contributed by atoms with E-state index in [1.54, 1.807) is 18.2 Å². The lowest BCUT2D eigenvalue weighted by Gasteiger charge is -2.08. The Kier molecular flexibility index (Phi) is 4.21. The number of anilines is 2. The quantitative estimate of drug-likeness (QED) is 0.613. The van der Waals surface area contributed by atoms with E-state index in [1.165, 1.54) is 0 Å². The molecule has 0 unspecified atom stereocenters. The van der Waals surface area contributed by atoms with Gasteiger partial charge < -0.3 is 5.73 Å². The summed E-state index contributed by atoms with van der Waals surface area (Å²) in [6, 6.07) is 6.05. The van der Waals surface area contributed by atoms with Gasteiger partial charge in [0.2, 0.25) is 0 Å². The summed E-state index contributed by atoms with van der Waals surface area (Å²) in [6.07, 6.45) is 0. The molecule has 0 atom stereocenters. The number of halogens is 1. The van der Waals surface area contributed by atoms with Crippen LogP contribution in [0.15, 0.2) is 32.9 Å². The van der Waals surface area contributed by atoms with Crippen LogP contribution in [0.1, 0.15) is 5.56 Å². The van der Waals surface area contributed by atoms with Gasteiger partial charge in [-0.1, -0.05) is 17.4 Å². The largest absolute Gasteiger partial charge is 0.385 e. The number of nitrogen functional groups attached to an aromatic ring is 1. The maximum Gasteiger partial charge on any atom is 0.304 e. The Morgan fingerprint density at radius 2 is 2.05 bits per heavy atom. The highest BCUT2D eigenvalue weighted by molar-refractivity contribution is 9.10. The molecule has 112 valence electrons. The lowest BCUT2D eigenvalue weighted by molar-refractivity contribution is -0.383. The summed E-state index contributed by atoms with van der Waals surface area (Å²) in [5.41, 5.74) is 6.35. The van der Waals surface area contributed by atoms with Crippen LogP contribution >= 0.6 is 27.3 Å². The summed E-state index contributed by atoms with van der Waals surface area (Å²) in [4.78, 5) is 10.0. The first-order chi connectivity index (χ1) is 9.70. The van der Waals surface area contributed by atoms with Gasteiger partial charge in [0.05, 0.1) is 10.6 Å². The molecule has 0 amide bonds. The van der Waals surface area contributed by atoms with Crippen LogP contribution in [0.3, 0.4) is 0 Å². The molecule has 0 bridgehead atoms. The monoisotopic (exact) mass is 391 g/mol. The van der Waals surface area contributed by atoms with Crippen molar-refractivity contribution in [3.63, 3.8) is 0 Å². The third-order valence-electron chi connectivity index (χ3n) is 2.55. The van der Waals surface area contributed by atoms with E-state index in [2.05, 4.69) is 20.7 Å². The SMILES string of the molecule is Cc1ccc(NS(=O)(=O)c2cc([N+](=O)[O-])c(N)s2)c(Br)c1. The average Bonchev–Trinajstić information content (AvgIpc) is 2.76. The highest BCUT2D eigenvalue weighted by Gasteiger charge is 2.25. The summed E-state index contributed by atoms with van der Waals surface area (Å²) in [6.45, 7) is 1.87. The van der Waals surface area contributed by atoms with Gasteiger partial charge >= 0.3 is 5.69 Å². The summed E-state index contributed by atoms with van der Waals surface area (Å²) in [7, 11) is -3.93. The molecule has 0 aliphatic rings. The van der Waals surface area contributed by atoms with Crippen molar-refractivity contribution >= 4 is 53.7 Å². The number of nitro groups is 1. The molecule has 0 fully saturated rings. The number of nitrogens with two attached hydrogens (primary N) is 1. The number of rotatable bonds is 4. The number of hydrogen-bond donors (Lipinski definition) is 2. The molecule has 0 aliphatic heterocycles. The van der Waals surface area contributed by atoms with Gasteiger partial charge in [-0.05, 0) is 40.5 Å². The molecular weight excluding hydrogens is 382 g/mol. The molecule has 0 saturated carbocycles. The van der Waals surface area contributed by atoms with Gasteiger partial charge in [-0.25, -0.2) is 8.42 Å². The van der Waals surface area contributed by atoms with E-state index >= 15 is 0 Å². The minimum Gasteiger partial charge on any atom is -0.385 e. The standard InChI is InChI=1S/C11H10BrN3O4S2/c1-6-2-3-8(7(12)4-6)14-21(18,19)10-5-9(15(16)17)11(13)20-10/h2-5,14H,13H2,1H3. The fourth-order valence-electron chi connectivity index (χ4n) is 1.55. The number of benzene rings is 1. The van der Waals surface area contributed by atoms with E-state index in [0.29, 0.717) is 21.5 Å². The predicted molar refractivity (Wildman–Crippen MR) is 85.1 cm³/mol. The molecule has 1 aromatic heterocycles. The maximum absolute atomic E-state index is 12.2. The molecule has 1 aromatic carbocycles. The van der Waals surface area contributed by atoms with Crippen molar-refractivity contribution in [2.24, 2.45) is 0 Å². The van der Waals surface area contributed by atoms with Crippen molar-refractivity contribution in [3.8, 4) is 0 Å². The Morgan fingerprint density at radius 3 is 2.57 bits per heavy atom. The Bertz CT molecular complexity index is 817. The molecule has 0 spiro atoms. The topological polar surface area (TPSA) is 115 Å². The van der Waals surface area contributed by atoms with E-state index in [1.807, 2.05) is 6.92 Å². The average molecular weight is 392 g/mol. The van der Waals surface area contributed by atoms with E-state index in [-0.39, 0.29) is 9.21 Å². The molecule has 3 N–H and O–H groups in total. The number of thiophene rings is 1. The Balaban J connectivity index is 2.38. The van der Waals surface area contributed by atoms with E-state index in [9.17, 15) is 18.5 Å². The molecule has 0 radical (unpaired) electrons. The van der Waals surface area contributed by atoms with Crippen molar-refractivity contribution in [1.29, 1.82) is 0 Å². The number of sulfonamides is 1. The van der Waals surface area contributed by atoms with Crippen LogP contribution in [0.25, 0.3) is 0 Å².